The third kappa shape index (κ3) is 6.43. The van der Waals surface area contributed by atoms with Crippen molar-refractivity contribution in [1.82, 2.24) is 19.7 Å². The molecule has 1 aromatic heterocycles. The molecule has 30 heavy (non-hydrogen) atoms. The number of nitrogens with zero attached hydrogens (tertiary/aromatic N) is 4. The fourth-order valence-electron chi connectivity index (χ4n) is 3.47. The molecule has 1 N–H and O–H groups in total. The first-order valence-electron chi connectivity index (χ1n) is 10.7. The van der Waals surface area contributed by atoms with Crippen molar-refractivity contribution in [2.75, 3.05) is 53.9 Å². The largest absolute Gasteiger partial charge is 0.472 e. The molecule has 0 saturated heterocycles. The van der Waals surface area contributed by atoms with Crippen LogP contribution in [-0.4, -0.2) is 96.8 Å². The minimum Gasteiger partial charge on any atom is -0.472 e. The van der Waals surface area contributed by atoms with E-state index in [0.29, 0.717) is 30.1 Å². The fourth-order valence-corrected chi connectivity index (χ4v) is 3.47. The number of aromatic nitrogens is 1. The molecule has 7 heteroatoms. The second kappa shape index (κ2) is 11.3. The summed E-state index contributed by atoms with van der Waals surface area (Å²) in [5.74, 6) is 6.41. The van der Waals surface area contributed by atoms with Gasteiger partial charge in [0.2, 0.25) is 5.88 Å². The topological polar surface area (TPSA) is 69.1 Å². The van der Waals surface area contributed by atoms with Crippen molar-refractivity contribution in [3.63, 3.8) is 0 Å². The zero-order valence-electron chi connectivity index (χ0n) is 19.2. The number of fused-ring (bicyclic) bond motifs is 1. The molecule has 1 aliphatic heterocycles. The molecule has 0 spiro atoms. The molecule has 1 amide bonds. The van der Waals surface area contributed by atoms with Crippen molar-refractivity contribution in [3.8, 4) is 17.7 Å². The van der Waals surface area contributed by atoms with Gasteiger partial charge in [-0.05, 0) is 47.1 Å². The summed E-state index contributed by atoms with van der Waals surface area (Å²) >= 11 is 0. The van der Waals surface area contributed by atoms with Crippen LogP contribution in [0, 0.1) is 17.8 Å². The van der Waals surface area contributed by atoms with Crippen LogP contribution in [0.2, 0.25) is 0 Å². The minimum atomic E-state index is -0.289. The number of pyridine rings is 1. The minimum absolute atomic E-state index is 0.0924. The van der Waals surface area contributed by atoms with Crippen LogP contribution in [0.15, 0.2) is 12.3 Å². The van der Waals surface area contributed by atoms with Gasteiger partial charge in [0.15, 0.2) is 0 Å². The molecule has 3 atom stereocenters. The molecule has 0 unspecified atom stereocenters. The molecule has 7 nitrogen and oxygen atoms in total. The Kier molecular flexibility index (Phi) is 9.09. The van der Waals surface area contributed by atoms with Crippen molar-refractivity contribution in [1.29, 1.82) is 0 Å². The van der Waals surface area contributed by atoms with Crippen molar-refractivity contribution in [3.05, 3.63) is 23.4 Å². The van der Waals surface area contributed by atoms with Gasteiger partial charge >= 0.3 is 0 Å². The van der Waals surface area contributed by atoms with Gasteiger partial charge in [0.25, 0.3) is 5.91 Å². The van der Waals surface area contributed by atoms with Crippen LogP contribution in [0.4, 0.5) is 0 Å². The summed E-state index contributed by atoms with van der Waals surface area (Å²) in [6, 6.07) is 1.47. The highest BCUT2D eigenvalue weighted by Crippen LogP contribution is 2.27. The van der Waals surface area contributed by atoms with Crippen molar-refractivity contribution < 1.29 is 14.6 Å². The van der Waals surface area contributed by atoms with E-state index >= 15 is 0 Å². The number of likely N-dealkylation sites (N-methyl/N-ethyl adjacent to an activating group) is 1. The summed E-state index contributed by atoms with van der Waals surface area (Å²) in [7, 11) is 5.99. The molecular formula is C23H36N4O3. The number of aliphatic hydroxyl groups excluding tert-OH is 1. The van der Waals surface area contributed by atoms with Gasteiger partial charge in [0.1, 0.15) is 11.7 Å². The van der Waals surface area contributed by atoms with Gasteiger partial charge in [-0.3, -0.25) is 9.69 Å². The normalized spacial score (nSPS) is 20.2. The Bertz CT molecular complexity index is 771. The van der Waals surface area contributed by atoms with Gasteiger partial charge < -0.3 is 19.6 Å². The molecule has 1 aliphatic rings. The fraction of sp³-hybridized carbons (Fsp3) is 0.652. The van der Waals surface area contributed by atoms with Crippen LogP contribution in [0.1, 0.15) is 43.1 Å². The van der Waals surface area contributed by atoms with Crippen LogP contribution >= 0.6 is 0 Å². The SMILES string of the molecule is CCCN(C)C[C@H]1Oc2ncc(C#CCN(C)C)cc2C(=O)N([C@H](C)CO)C[C@H]1C. The van der Waals surface area contributed by atoms with Crippen molar-refractivity contribution in [2.24, 2.45) is 5.92 Å². The van der Waals surface area contributed by atoms with Gasteiger partial charge in [-0.1, -0.05) is 25.7 Å². The number of rotatable bonds is 7. The average molecular weight is 417 g/mol. The quantitative estimate of drug-likeness (QED) is 0.681. The molecule has 0 aliphatic carbocycles. The zero-order chi connectivity index (χ0) is 22.3. The van der Waals surface area contributed by atoms with Gasteiger partial charge in [0.05, 0.1) is 19.2 Å². The maximum Gasteiger partial charge on any atom is 0.259 e. The number of carbonyl (C=O) groups excluding carboxylic acids is 1. The highest BCUT2D eigenvalue weighted by atomic mass is 16.5. The summed E-state index contributed by atoms with van der Waals surface area (Å²) in [6.45, 7) is 8.86. The predicted octanol–water partition coefficient (Wildman–Crippen LogP) is 1.56. The zero-order valence-corrected chi connectivity index (χ0v) is 19.2. The Balaban J connectivity index is 2.42. The van der Waals surface area contributed by atoms with Crippen LogP contribution in [0.3, 0.4) is 0 Å². The monoisotopic (exact) mass is 416 g/mol. The third-order valence-electron chi connectivity index (χ3n) is 5.25. The second-order valence-electron chi connectivity index (χ2n) is 8.50. The summed E-state index contributed by atoms with van der Waals surface area (Å²) in [5, 5.41) is 9.73. The molecule has 2 rings (SSSR count). The average Bonchev–Trinajstić information content (AvgIpc) is 2.70. The molecule has 0 bridgehead atoms. The van der Waals surface area contributed by atoms with E-state index in [4.69, 9.17) is 4.74 Å². The summed E-state index contributed by atoms with van der Waals surface area (Å²) in [6.07, 6.45) is 2.61. The van der Waals surface area contributed by atoms with Crippen LogP contribution in [-0.2, 0) is 0 Å². The first kappa shape index (κ1) is 24.1. The molecule has 0 saturated carbocycles. The molecule has 0 radical (unpaired) electrons. The lowest BCUT2D eigenvalue weighted by molar-refractivity contribution is 0.0331. The molecule has 2 heterocycles. The van der Waals surface area contributed by atoms with Crippen LogP contribution < -0.4 is 4.74 Å². The summed E-state index contributed by atoms with van der Waals surface area (Å²) < 4.78 is 6.28. The lowest BCUT2D eigenvalue weighted by Crippen LogP contribution is -2.50. The van der Waals surface area contributed by atoms with E-state index < -0.39 is 0 Å². The smallest absolute Gasteiger partial charge is 0.259 e. The van der Waals surface area contributed by atoms with Gasteiger partial charge in [-0.25, -0.2) is 4.98 Å². The Morgan fingerprint density at radius 1 is 1.40 bits per heavy atom. The summed E-state index contributed by atoms with van der Waals surface area (Å²) in [5.41, 5.74) is 1.08. The lowest BCUT2D eigenvalue weighted by atomic mass is 10.00. The van der Waals surface area contributed by atoms with Crippen LogP contribution in [0.25, 0.3) is 0 Å². The van der Waals surface area contributed by atoms with Crippen LogP contribution in [0.5, 0.6) is 5.88 Å². The standard InChI is InChI=1S/C23H36N4O3/c1-7-10-26(6)15-21-17(2)14-27(18(3)16-28)23(29)20-12-19(9-8-11-25(4)5)13-24-22(20)30-21/h12-13,17-18,21,28H,7,10-11,14-16H2,1-6H3/t17-,18-,21-/m1/s1. The van der Waals surface area contributed by atoms with E-state index in [1.807, 2.05) is 25.9 Å². The van der Waals surface area contributed by atoms with E-state index in [9.17, 15) is 9.90 Å². The highest BCUT2D eigenvalue weighted by molar-refractivity contribution is 5.97. The maximum absolute atomic E-state index is 13.3. The van der Waals surface area contributed by atoms with E-state index in [-0.39, 0.29) is 30.6 Å². The maximum atomic E-state index is 13.3. The number of aliphatic hydroxyl groups is 1. The molecular weight excluding hydrogens is 380 g/mol. The van der Waals surface area contributed by atoms with Crippen molar-refractivity contribution >= 4 is 5.91 Å². The molecule has 1 aromatic rings. The van der Waals surface area contributed by atoms with Crippen molar-refractivity contribution in [2.45, 2.75) is 39.3 Å². The van der Waals surface area contributed by atoms with E-state index in [2.05, 4.69) is 42.6 Å². The highest BCUT2D eigenvalue weighted by Gasteiger charge is 2.34. The Morgan fingerprint density at radius 3 is 2.77 bits per heavy atom. The van der Waals surface area contributed by atoms with E-state index in [1.165, 1.54) is 0 Å². The van der Waals surface area contributed by atoms with E-state index in [1.54, 1.807) is 17.2 Å². The van der Waals surface area contributed by atoms with Gasteiger partial charge in [-0.15, -0.1) is 0 Å². The first-order valence-corrected chi connectivity index (χ1v) is 10.7. The van der Waals surface area contributed by atoms with E-state index in [0.717, 1.165) is 19.5 Å². The Labute approximate surface area is 181 Å². The second-order valence-corrected chi connectivity index (χ2v) is 8.50. The summed E-state index contributed by atoms with van der Waals surface area (Å²) in [4.78, 5) is 23.7. The number of hydrogen-bond donors (Lipinski definition) is 1. The number of carbonyl (C=O) groups is 1. The number of hydrogen-bond acceptors (Lipinski definition) is 6. The number of amides is 1. The molecule has 0 aromatic carbocycles. The predicted molar refractivity (Wildman–Crippen MR) is 119 cm³/mol. The number of ether oxygens (including phenoxy) is 1. The Morgan fingerprint density at radius 2 is 2.13 bits per heavy atom. The first-order chi connectivity index (χ1) is 14.3. The van der Waals surface area contributed by atoms with Gasteiger partial charge in [0, 0.05) is 30.8 Å². The van der Waals surface area contributed by atoms with Gasteiger partial charge in [-0.2, -0.15) is 0 Å². The molecule has 166 valence electrons. The molecule has 0 fully saturated rings. The lowest BCUT2D eigenvalue weighted by Gasteiger charge is -2.37. The Hall–Kier alpha value is -2.14. The third-order valence-corrected chi connectivity index (χ3v) is 5.25.